The predicted molar refractivity (Wildman–Crippen MR) is 91.9 cm³/mol. The van der Waals surface area contributed by atoms with Gasteiger partial charge in [-0.05, 0) is 54.3 Å². The Balaban J connectivity index is 1.70. The van der Waals surface area contributed by atoms with Gasteiger partial charge in [-0.2, -0.15) is 0 Å². The van der Waals surface area contributed by atoms with Crippen LogP contribution in [0.25, 0.3) is 10.9 Å². The molecule has 1 aliphatic rings. The van der Waals surface area contributed by atoms with E-state index in [9.17, 15) is 9.59 Å². The van der Waals surface area contributed by atoms with Gasteiger partial charge in [0.1, 0.15) is 0 Å². The van der Waals surface area contributed by atoms with Crippen LogP contribution in [-0.2, 0) is 6.42 Å². The minimum absolute atomic E-state index is 0.0841. The zero-order valence-electron chi connectivity index (χ0n) is 13.6. The maximum Gasteiger partial charge on any atom is 0.315 e. The topological polar surface area (TPSA) is 74.0 Å². The van der Waals surface area contributed by atoms with Gasteiger partial charge in [-0.1, -0.05) is 19.9 Å². The molecule has 0 aliphatic heterocycles. The second-order valence-corrected chi connectivity index (χ2v) is 6.55. The second-order valence-electron chi connectivity index (χ2n) is 6.55. The number of rotatable bonds is 5. The van der Waals surface area contributed by atoms with Gasteiger partial charge in [-0.3, -0.25) is 4.79 Å². The molecular formula is C18H23N3O2. The average molecular weight is 313 g/mol. The van der Waals surface area contributed by atoms with Gasteiger partial charge in [0.2, 0.25) is 0 Å². The standard InChI is InChI=1S/C18H23N3O2/c1-11(2)12-3-6-16-14(9-12)10-13(17(22)21-16)7-8-19-18(23)20-15-4-5-15/h3,6,9-11,15H,4-5,7-8H2,1-2H3,(H,21,22)(H2,19,20,23). The molecule has 0 saturated heterocycles. The number of hydrogen-bond acceptors (Lipinski definition) is 2. The monoisotopic (exact) mass is 313 g/mol. The van der Waals surface area contributed by atoms with E-state index in [0.717, 1.165) is 23.7 Å². The SMILES string of the molecule is CC(C)c1ccc2[nH]c(=O)c(CCNC(=O)NC3CC3)cc2c1. The predicted octanol–water partition coefficient (Wildman–Crippen LogP) is 2.66. The molecule has 0 unspecified atom stereocenters. The second kappa shape index (κ2) is 6.44. The number of H-pyrrole nitrogens is 1. The van der Waals surface area contributed by atoms with Crippen molar-refractivity contribution in [2.75, 3.05) is 6.54 Å². The van der Waals surface area contributed by atoms with Crippen molar-refractivity contribution in [1.29, 1.82) is 0 Å². The molecule has 5 nitrogen and oxygen atoms in total. The van der Waals surface area contributed by atoms with E-state index in [0.29, 0.717) is 30.5 Å². The van der Waals surface area contributed by atoms with E-state index < -0.39 is 0 Å². The molecular weight excluding hydrogens is 290 g/mol. The molecule has 1 aromatic heterocycles. The third kappa shape index (κ3) is 3.92. The van der Waals surface area contributed by atoms with Gasteiger partial charge in [-0.15, -0.1) is 0 Å². The van der Waals surface area contributed by atoms with Gasteiger partial charge in [0.25, 0.3) is 5.56 Å². The number of carbonyl (C=O) groups is 1. The molecule has 3 N–H and O–H groups in total. The van der Waals surface area contributed by atoms with Crippen LogP contribution in [0.1, 0.15) is 43.7 Å². The Morgan fingerprint density at radius 1 is 1.30 bits per heavy atom. The minimum Gasteiger partial charge on any atom is -0.338 e. The lowest BCUT2D eigenvalue weighted by molar-refractivity contribution is 0.240. The highest BCUT2D eigenvalue weighted by atomic mass is 16.2. The van der Waals surface area contributed by atoms with Gasteiger partial charge in [0.05, 0.1) is 0 Å². The summed E-state index contributed by atoms with van der Waals surface area (Å²) in [6, 6.07) is 8.25. The summed E-state index contributed by atoms with van der Waals surface area (Å²) in [5, 5.41) is 6.71. The van der Waals surface area contributed by atoms with Gasteiger partial charge < -0.3 is 15.6 Å². The number of urea groups is 1. The van der Waals surface area contributed by atoms with Gasteiger partial charge in [0, 0.05) is 23.7 Å². The fourth-order valence-corrected chi connectivity index (χ4v) is 2.59. The summed E-state index contributed by atoms with van der Waals surface area (Å²) in [5.41, 5.74) is 2.71. The number of carbonyl (C=O) groups excluding carboxylic acids is 1. The van der Waals surface area contributed by atoms with Gasteiger partial charge in [0.15, 0.2) is 0 Å². The number of aromatic nitrogens is 1. The molecule has 0 bridgehead atoms. The summed E-state index contributed by atoms with van der Waals surface area (Å²) in [4.78, 5) is 26.6. The number of benzene rings is 1. The first-order chi connectivity index (χ1) is 11.0. The Labute approximate surface area is 135 Å². The van der Waals surface area contributed by atoms with Crippen molar-refractivity contribution in [2.24, 2.45) is 0 Å². The third-order valence-electron chi connectivity index (χ3n) is 4.20. The molecule has 2 aromatic rings. The first kappa shape index (κ1) is 15.6. The molecule has 122 valence electrons. The zero-order chi connectivity index (χ0) is 16.4. The Bertz CT molecular complexity index is 775. The molecule has 2 amide bonds. The Morgan fingerprint density at radius 2 is 2.09 bits per heavy atom. The lowest BCUT2D eigenvalue weighted by atomic mass is 10.0. The van der Waals surface area contributed by atoms with Crippen LogP contribution in [-0.4, -0.2) is 23.6 Å². The number of aromatic amines is 1. The molecule has 1 heterocycles. The van der Waals surface area contributed by atoms with Gasteiger partial charge >= 0.3 is 6.03 Å². The highest BCUT2D eigenvalue weighted by Crippen LogP contribution is 2.20. The van der Waals surface area contributed by atoms with E-state index in [2.05, 4.69) is 35.5 Å². The summed E-state index contributed by atoms with van der Waals surface area (Å²) < 4.78 is 0. The van der Waals surface area contributed by atoms with E-state index in [4.69, 9.17) is 0 Å². The van der Waals surface area contributed by atoms with Crippen LogP contribution in [0.4, 0.5) is 4.79 Å². The summed E-state index contributed by atoms with van der Waals surface area (Å²) in [6.07, 6.45) is 2.65. The maximum atomic E-state index is 12.1. The third-order valence-corrected chi connectivity index (χ3v) is 4.20. The fraction of sp³-hybridized carbons (Fsp3) is 0.444. The molecule has 0 atom stereocenters. The lowest BCUT2D eigenvalue weighted by Gasteiger charge is -2.09. The number of fused-ring (bicyclic) bond motifs is 1. The smallest absolute Gasteiger partial charge is 0.315 e. The van der Waals surface area contributed by atoms with E-state index in [1.807, 2.05) is 18.2 Å². The Kier molecular flexibility index (Phi) is 4.37. The zero-order valence-corrected chi connectivity index (χ0v) is 13.6. The van der Waals surface area contributed by atoms with Crippen molar-refractivity contribution in [3.8, 4) is 0 Å². The first-order valence-electron chi connectivity index (χ1n) is 8.23. The molecule has 5 heteroatoms. The van der Waals surface area contributed by atoms with E-state index in [1.165, 1.54) is 5.56 Å². The first-order valence-corrected chi connectivity index (χ1v) is 8.23. The van der Waals surface area contributed by atoms with Crippen LogP contribution in [0.5, 0.6) is 0 Å². The largest absolute Gasteiger partial charge is 0.338 e. The van der Waals surface area contributed by atoms with E-state index in [-0.39, 0.29) is 11.6 Å². The molecule has 23 heavy (non-hydrogen) atoms. The quantitative estimate of drug-likeness (QED) is 0.794. The summed E-state index contributed by atoms with van der Waals surface area (Å²) in [7, 11) is 0. The number of amides is 2. The molecule has 3 rings (SSSR count). The number of nitrogens with one attached hydrogen (secondary N) is 3. The number of hydrogen-bond donors (Lipinski definition) is 3. The Morgan fingerprint density at radius 3 is 2.78 bits per heavy atom. The summed E-state index contributed by atoms with van der Waals surface area (Å²) in [5.74, 6) is 0.447. The molecule has 1 saturated carbocycles. The molecule has 1 aromatic carbocycles. The van der Waals surface area contributed by atoms with Crippen molar-refractivity contribution in [2.45, 2.75) is 45.1 Å². The van der Waals surface area contributed by atoms with Gasteiger partial charge in [-0.25, -0.2) is 4.79 Å². The lowest BCUT2D eigenvalue weighted by Crippen LogP contribution is -2.38. The van der Waals surface area contributed by atoms with Crippen molar-refractivity contribution in [1.82, 2.24) is 15.6 Å². The number of pyridine rings is 1. The van der Waals surface area contributed by atoms with Crippen molar-refractivity contribution in [3.05, 3.63) is 45.7 Å². The normalized spacial score (nSPS) is 14.2. The summed E-state index contributed by atoms with van der Waals surface area (Å²) in [6.45, 7) is 4.75. The van der Waals surface area contributed by atoms with Crippen molar-refractivity contribution >= 4 is 16.9 Å². The van der Waals surface area contributed by atoms with Crippen molar-refractivity contribution in [3.63, 3.8) is 0 Å². The van der Waals surface area contributed by atoms with Crippen LogP contribution in [0.2, 0.25) is 0 Å². The van der Waals surface area contributed by atoms with Crippen LogP contribution in [0, 0.1) is 0 Å². The summed E-state index contributed by atoms with van der Waals surface area (Å²) >= 11 is 0. The molecule has 1 aliphatic carbocycles. The van der Waals surface area contributed by atoms with E-state index >= 15 is 0 Å². The average Bonchev–Trinajstić information content (AvgIpc) is 3.31. The highest BCUT2D eigenvalue weighted by Gasteiger charge is 2.22. The maximum absolute atomic E-state index is 12.1. The van der Waals surface area contributed by atoms with Crippen LogP contribution < -0.4 is 16.2 Å². The van der Waals surface area contributed by atoms with E-state index in [1.54, 1.807) is 0 Å². The van der Waals surface area contributed by atoms with Crippen LogP contribution in [0.15, 0.2) is 29.1 Å². The molecule has 0 radical (unpaired) electrons. The highest BCUT2D eigenvalue weighted by molar-refractivity contribution is 5.80. The van der Waals surface area contributed by atoms with Crippen molar-refractivity contribution < 1.29 is 4.79 Å². The molecule has 0 spiro atoms. The minimum atomic E-state index is -0.146. The molecule has 1 fully saturated rings. The fourth-order valence-electron chi connectivity index (χ4n) is 2.59. The van der Waals surface area contributed by atoms with Crippen LogP contribution in [0.3, 0.4) is 0 Å². The van der Waals surface area contributed by atoms with Crippen LogP contribution >= 0.6 is 0 Å². The Hall–Kier alpha value is -2.30.